The monoisotopic (exact) mass is 210 g/mol. The minimum atomic E-state index is 0. The van der Waals surface area contributed by atoms with Crippen molar-refractivity contribution in [3.63, 3.8) is 0 Å². The van der Waals surface area contributed by atoms with Crippen molar-refractivity contribution in [3.8, 4) is 11.1 Å². The van der Waals surface area contributed by atoms with E-state index in [1.54, 1.807) is 0 Å². The van der Waals surface area contributed by atoms with E-state index in [1.807, 2.05) is 18.2 Å². The largest absolute Gasteiger partial charge is 1.00 e. The maximum atomic E-state index is 3.28. The molecule has 0 amide bonds. The van der Waals surface area contributed by atoms with Gasteiger partial charge in [0.05, 0.1) is 0 Å². The van der Waals surface area contributed by atoms with Crippen LogP contribution in [0.1, 0.15) is 0 Å². The van der Waals surface area contributed by atoms with Crippen LogP contribution < -0.4 is 18.9 Å². The maximum absolute atomic E-state index is 3.28. The van der Waals surface area contributed by atoms with Gasteiger partial charge < -0.3 is 0 Å². The van der Waals surface area contributed by atoms with E-state index in [4.69, 9.17) is 0 Å². The van der Waals surface area contributed by atoms with Crippen LogP contribution in [0, 0.1) is 6.07 Å². The molecular formula is C16H11Li. The van der Waals surface area contributed by atoms with E-state index >= 15 is 0 Å². The average Bonchev–Trinajstić information content (AvgIpc) is 2.39. The minimum absolute atomic E-state index is 0. The van der Waals surface area contributed by atoms with Crippen LogP contribution in [0.5, 0.6) is 0 Å². The molecule has 3 aromatic carbocycles. The first kappa shape index (κ1) is 12.0. The molecular weight excluding hydrogens is 199 g/mol. The molecule has 0 atom stereocenters. The van der Waals surface area contributed by atoms with Gasteiger partial charge in [0.25, 0.3) is 0 Å². The molecule has 0 saturated carbocycles. The quantitative estimate of drug-likeness (QED) is 0.419. The fourth-order valence-electron chi connectivity index (χ4n) is 2.02. The molecule has 3 aromatic rings. The Labute approximate surface area is 113 Å². The Morgan fingerprint density at radius 3 is 2.29 bits per heavy atom. The Bertz CT molecular complexity index is 609. The number of hydrogen-bond acceptors (Lipinski definition) is 0. The van der Waals surface area contributed by atoms with Gasteiger partial charge >= 0.3 is 18.9 Å². The fraction of sp³-hybridized carbons (Fsp3) is 0. The van der Waals surface area contributed by atoms with Crippen molar-refractivity contribution in [2.24, 2.45) is 0 Å². The van der Waals surface area contributed by atoms with Crippen LogP contribution in [0.15, 0.2) is 66.7 Å². The second-order valence-corrected chi connectivity index (χ2v) is 3.80. The van der Waals surface area contributed by atoms with Crippen molar-refractivity contribution in [2.75, 3.05) is 0 Å². The number of fused-ring (bicyclic) bond motifs is 1. The van der Waals surface area contributed by atoms with Gasteiger partial charge in [0.2, 0.25) is 0 Å². The summed E-state index contributed by atoms with van der Waals surface area (Å²) < 4.78 is 0. The van der Waals surface area contributed by atoms with E-state index in [0.717, 1.165) is 5.56 Å². The number of rotatable bonds is 1. The normalized spacial score (nSPS) is 9.88. The van der Waals surface area contributed by atoms with Crippen molar-refractivity contribution in [1.29, 1.82) is 0 Å². The molecule has 0 aliphatic carbocycles. The summed E-state index contributed by atoms with van der Waals surface area (Å²) in [5.41, 5.74) is 2.40. The van der Waals surface area contributed by atoms with Crippen molar-refractivity contribution in [3.05, 3.63) is 72.8 Å². The van der Waals surface area contributed by atoms with Crippen LogP contribution >= 0.6 is 0 Å². The Morgan fingerprint density at radius 2 is 1.47 bits per heavy atom. The summed E-state index contributed by atoms with van der Waals surface area (Å²) in [5, 5.41) is 2.56. The fourth-order valence-corrected chi connectivity index (χ4v) is 2.02. The SMILES string of the molecule is [Li+].[c-]1ccccc1-c1cccc2ccccc12. The molecule has 0 fully saturated rings. The van der Waals surface area contributed by atoms with Gasteiger partial charge in [0.1, 0.15) is 0 Å². The molecule has 0 spiro atoms. The van der Waals surface area contributed by atoms with E-state index < -0.39 is 0 Å². The average molecular weight is 210 g/mol. The molecule has 0 unspecified atom stereocenters. The molecule has 1 heteroatoms. The smallest absolute Gasteiger partial charge is 0.147 e. The summed E-state index contributed by atoms with van der Waals surface area (Å²) in [6.07, 6.45) is 0. The topological polar surface area (TPSA) is 0 Å². The van der Waals surface area contributed by atoms with Crippen LogP contribution in [-0.4, -0.2) is 0 Å². The van der Waals surface area contributed by atoms with Gasteiger partial charge in [0.15, 0.2) is 0 Å². The van der Waals surface area contributed by atoms with E-state index in [0.29, 0.717) is 0 Å². The van der Waals surface area contributed by atoms with Gasteiger partial charge in [-0.25, -0.2) is 0 Å². The molecule has 0 bridgehead atoms. The third-order valence-electron chi connectivity index (χ3n) is 2.79. The van der Waals surface area contributed by atoms with Crippen molar-refractivity contribution >= 4 is 10.8 Å². The van der Waals surface area contributed by atoms with Crippen LogP contribution in [0.25, 0.3) is 21.9 Å². The van der Waals surface area contributed by atoms with Gasteiger partial charge in [-0.15, -0.1) is 35.9 Å². The van der Waals surface area contributed by atoms with Crippen LogP contribution in [0.3, 0.4) is 0 Å². The van der Waals surface area contributed by atoms with Gasteiger partial charge in [-0.05, 0) is 5.39 Å². The summed E-state index contributed by atoms with van der Waals surface area (Å²) >= 11 is 0. The molecule has 0 saturated heterocycles. The van der Waals surface area contributed by atoms with Gasteiger partial charge in [-0.1, -0.05) is 53.4 Å². The molecule has 0 aliphatic rings. The zero-order valence-corrected chi connectivity index (χ0v) is 9.85. The molecule has 3 rings (SSSR count). The van der Waals surface area contributed by atoms with Gasteiger partial charge in [-0.2, -0.15) is 0 Å². The van der Waals surface area contributed by atoms with Crippen molar-refractivity contribution < 1.29 is 18.9 Å². The Morgan fingerprint density at radius 1 is 0.706 bits per heavy atom. The first-order valence-corrected chi connectivity index (χ1v) is 5.40. The van der Waals surface area contributed by atoms with Gasteiger partial charge in [-0.3, -0.25) is 0 Å². The third-order valence-corrected chi connectivity index (χ3v) is 2.79. The number of hydrogen-bond donors (Lipinski definition) is 0. The second kappa shape index (κ2) is 5.23. The minimum Gasteiger partial charge on any atom is -0.147 e. The molecule has 0 nitrogen and oxygen atoms in total. The molecule has 0 heterocycles. The van der Waals surface area contributed by atoms with E-state index in [2.05, 4.69) is 54.6 Å². The molecule has 0 aromatic heterocycles. The Balaban J connectivity index is 0.00000108. The molecule has 0 N–H and O–H groups in total. The van der Waals surface area contributed by atoms with Crippen molar-refractivity contribution in [2.45, 2.75) is 0 Å². The van der Waals surface area contributed by atoms with Crippen LogP contribution in [0.2, 0.25) is 0 Å². The zero-order valence-electron chi connectivity index (χ0n) is 9.85. The molecule has 17 heavy (non-hydrogen) atoms. The summed E-state index contributed by atoms with van der Waals surface area (Å²) in [7, 11) is 0. The summed E-state index contributed by atoms with van der Waals surface area (Å²) in [4.78, 5) is 0. The molecule has 0 radical (unpaired) electrons. The Hall–Kier alpha value is -1.48. The maximum Gasteiger partial charge on any atom is 1.00 e. The Kier molecular flexibility index (Phi) is 3.69. The number of benzene rings is 3. The first-order chi connectivity index (χ1) is 7.95. The van der Waals surface area contributed by atoms with E-state index in [-0.39, 0.29) is 18.9 Å². The van der Waals surface area contributed by atoms with Crippen LogP contribution in [-0.2, 0) is 0 Å². The van der Waals surface area contributed by atoms with Crippen LogP contribution in [0.4, 0.5) is 0 Å². The summed E-state index contributed by atoms with van der Waals surface area (Å²) in [6, 6.07) is 26.2. The standard InChI is InChI=1S/C16H11.Li/c1-2-7-13(8-3-1)16-12-6-10-14-9-4-5-11-15(14)16;/h1-7,9-12H;/q-1;+1. The second-order valence-electron chi connectivity index (χ2n) is 3.80. The predicted octanol–water partition coefficient (Wildman–Crippen LogP) is 1.31. The first-order valence-electron chi connectivity index (χ1n) is 5.40. The molecule has 76 valence electrons. The van der Waals surface area contributed by atoms with Gasteiger partial charge in [0, 0.05) is 0 Å². The molecule has 0 aliphatic heterocycles. The van der Waals surface area contributed by atoms with Crippen molar-refractivity contribution in [1.82, 2.24) is 0 Å². The predicted molar refractivity (Wildman–Crippen MR) is 68.2 cm³/mol. The zero-order chi connectivity index (χ0) is 10.8. The van der Waals surface area contributed by atoms with E-state index in [9.17, 15) is 0 Å². The summed E-state index contributed by atoms with van der Waals surface area (Å²) in [5.74, 6) is 0. The third kappa shape index (κ3) is 2.29. The summed E-state index contributed by atoms with van der Waals surface area (Å²) in [6.45, 7) is 0. The van der Waals surface area contributed by atoms with E-state index in [1.165, 1.54) is 16.3 Å².